The van der Waals surface area contributed by atoms with E-state index in [0.717, 1.165) is 0 Å². The van der Waals surface area contributed by atoms with Crippen LogP contribution in [0, 0.1) is 6.92 Å². The number of hydrogen-bond donors (Lipinski definition) is 2. The van der Waals surface area contributed by atoms with Gasteiger partial charge >= 0.3 is 5.97 Å². The third-order valence-corrected chi connectivity index (χ3v) is 2.01. The molecule has 1 aromatic heterocycles. The van der Waals surface area contributed by atoms with Gasteiger partial charge in [0.15, 0.2) is 0 Å². The zero-order valence-corrected chi connectivity index (χ0v) is 9.40. The number of aryl methyl sites for hydroxylation is 1. The van der Waals surface area contributed by atoms with Gasteiger partial charge < -0.3 is 14.9 Å². The fraction of sp³-hybridized carbons (Fsp3) is 0.500. The SMILES string of the molecule is Cc1cc(CC(=O)NC(C)(C)C(=O)O)no1. The van der Waals surface area contributed by atoms with Crippen LogP contribution < -0.4 is 5.32 Å². The van der Waals surface area contributed by atoms with Crippen molar-refractivity contribution in [1.82, 2.24) is 10.5 Å². The lowest BCUT2D eigenvalue weighted by atomic mass is 10.1. The minimum Gasteiger partial charge on any atom is -0.480 e. The number of aromatic nitrogens is 1. The van der Waals surface area contributed by atoms with Gasteiger partial charge in [0.05, 0.1) is 12.1 Å². The minimum atomic E-state index is -1.28. The summed E-state index contributed by atoms with van der Waals surface area (Å²) in [6.07, 6.45) is 0.00799. The highest BCUT2D eigenvalue weighted by atomic mass is 16.5. The molecule has 0 spiro atoms. The molecule has 0 bridgehead atoms. The standard InChI is InChI=1S/C10H14N2O4/c1-6-4-7(12-16-6)5-8(13)11-10(2,3)9(14)15/h4H,5H2,1-3H3,(H,11,13)(H,14,15). The third kappa shape index (κ3) is 3.08. The number of aliphatic carboxylic acids is 1. The van der Waals surface area contributed by atoms with Crippen LogP contribution in [-0.2, 0) is 16.0 Å². The lowest BCUT2D eigenvalue weighted by Gasteiger charge is -2.20. The molecule has 1 rings (SSSR count). The molecule has 1 aromatic rings. The molecule has 6 nitrogen and oxygen atoms in total. The Hall–Kier alpha value is -1.85. The lowest BCUT2D eigenvalue weighted by Crippen LogP contribution is -2.50. The molecule has 88 valence electrons. The Morgan fingerprint density at radius 2 is 2.19 bits per heavy atom. The number of rotatable bonds is 4. The van der Waals surface area contributed by atoms with Gasteiger partial charge in [0.2, 0.25) is 5.91 Å². The van der Waals surface area contributed by atoms with Gasteiger partial charge in [-0.25, -0.2) is 4.79 Å². The fourth-order valence-corrected chi connectivity index (χ4v) is 1.11. The molecule has 0 radical (unpaired) electrons. The molecule has 0 atom stereocenters. The number of hydrogen-bond acceptors (Lipinski definition) is 4. The summed E-state index contributed by atoms with van der Waals surface area (Å²) in [4.78, 5) is 22.2. The average molecular weight is 226 g/mol. The van der Waals surface area contributed by atoms with Crippen LogP contribution in [0.5, 0.6) is 0 Å². The van der Waals surface area contributed by atoms with E-state index in [2.05, 4.69) is 10.5 Å². The van der Waals surface area contributed by atoms with E-state index in [1.54, 1.807) is 13.0 Å². The zero-order chi connectivity index (χ0) is 12.3. The normalized spacial score (nSPS) is 11.2. The highest BCUT2D eigenvalue weighted by molar-refractivity contribution is 5.87. The molecule has 2 N–H and O–H groups in total. The zero-order valence-electron chi connectivity index (χ0n) is 9.40. The molecule has 1 heterocycles. The van der Waals surface area contributed by atoms with E-state index in [4.69, 9.17) is 9.63 Å². The number of carbonyl (C=O) groups excluding carboxylic acids is 1. The second-order valence-electron chi connectivity index (χ2n) is 4.08. The molecular formula is C10H14N2O4. The van der Waals surface area contributed by atoms with Crippen molar-refractivity contribution in [3.05, 3.63) is 17.5 Å². The summed E-state index contributed by atoms with van der Waals surface area (Å²) in [5.74, 6) is -0.877. The van der Waals surface area contributed by atoms with Crippen LogP contribution in [-0.4, -0.2) is 27.7 Å². The fourth-order valence-electron chi connectivity index (χ4n) is 1.11. The third-order valence-electron chi connectivity index (χ3n) is 2.01. The molecule has 0 fully saturated rings. The van der Waals surface area contributed by atoms with E-state index in [9.17, 15) is 9.59 Å². The molecule has 0 saturated carbocycles. The monoisotopic (exact) mass is 226 g/mol. The number of nitrogens with zero attached hydrogens (tertiary/aromatic N) is 1. The maximum atomic E-state index is 11.5. The molecular weight excluding hydrogens is 212 g/mol. The van der Waals surface area contributed by atoms with E-state index in [1.165, 1.54) is 13.8 Å². The summed E-state index contributed by atoms with van der Waals surface area (Å²) in [7, 11) is 0. The number of amides is 1. The number of carbonyl (C=O) groups is 2. The van der Waals surface area contributed by atoms with Gasteiger partial charge in [-0.05, 0) is 20.8 Å². The molecule has 0 aromatic carbocycles. The Morgan fingerprint density at radius 1 is 1.56 bits per heavy atom. The van der Waals surface area contributed by atoms with E-state index < -0.39 is 17.4 Å². The first-order valence-electron chi connectivity index (χ1n) is 4.78. The molecule has 0 aliphatic carbocycles. The van der Waals surface area contributed by atoms with E-state index in [1.807, 2.05) is 0 Å². The average Bonchev–Trinajstić information content (AvgIpc) is 2.49. The van der Waals surface area contributed by atoms with Crippen molar-refractivity contribution in [2.24, 2.45) is 0 Å². The van der Waals surface area contributed by atoms with Crippen LogP contribution >= 0.6 is 0 Å². The Bertz CT molecular complexity index is 409. The summed E-state index contributed by atoms with van der Waals surface area (Å²) in [6, 6.07) is 1.63. The summed E-state index contributed by atoms with van der Waals surface area (Å²) in [6.45, 7) is 4.55. The minimum absolute atomic E-state index is 0.00799. The predicted octanol–water partition coefficient (Wildman–Crippen LogP) is 0.505. The molecule has 1 amide bonds. The Morgan fingerprint density at radius 3 is 2.62 bits per heavy atom. The Labute approximate surface area is 92.6 Å². The van der Waals surface area contributed by atoms with Crippen molar-refractivity contribution >= 4 is 11.9 Å². The largest absolute Gasteiger partial charge is 0.480 e. The molecule has 0 unspecified atom stereocenters. The first-order chi connectivity index (χ1) is 7.31. The van der Waals surface area contributed by atoms with Gasteiger partial charge in [0.1, 0.15) is 11.3 Å². The summed E-state index contributed by atoms with van der Waals surface area (Å²) < 4.78 is 4.80. The van der Waals surface area contributed by atoms with Crippen molar-refractivity contribution in [1.29, 1.82) is 0 Å². The highest BCUT2D eigenvalue weighted by Crippen LogP contribution is 2.05. The van der Waals surface area contributed by atoms with Gasteiger partial charge in [-0.15, -0.1) is 0 Å². The van der Waals surface area contributed by atoms with E-state index in [0.29, 0.717) is 11.5 Å². The van der Waals surface area contributed by atoms with Crippen molar-refractivity contribution in [2.45, 2.75) is 32.7 Å². The maximum Gasteiger partial charge on any atom is 0.328 e. The molecule has 0 saturated heterocycles. The number of carboxylic acids is 1. The summed E-state index contributed by atoms with van der Waals surface area (Å²) in [5, 5.41) is 14.9. The molecule has 16 heavy (non-hydrogen) atoms. The van der Waals surface area contributed by atoms with Crippen LogP contribution in [0.3, 0.4) is 0 Å². The van der Waals surface area contributed by atoms with Gasteiger partial charge in [-0.1, -0.05) is 5.16 Å². The van der Waals surface area contributed by atoms with Crippen LogP contribution in [0.15, 0.2) is 10.6 Å². The van der Waals surface area contributed by atoms with Crippen LogP contribution in [0.25, 0.3) is 0 Å². The Balaban J connectivity index is 2.58. The topological polar surface area (TPSA) is 92.4 Å². The Kier molecular flexibility index (Phi) is 3.31. The number of nitrogens with one attached hydrogen (secondary N) is 1. The lowest BCUT2D eigenvalue weighted by molar-refractivity contribution is -0.145. The van der Waals surface area contributed by atoms with Crippen molar-refractivity contribution in [3.63, 3.8) is 0 Å². The highest BCUT2D eigenvalue weighted by Gasteiger charge is 2.28. The van der Waals surface area contributed by atoms with Crippen molar-refractivity contribution in [3.8, 4) is 0 Å². The summed E-state index contributed by atoms with van der Waals surface area (Å²) >= 11 is 0. The first kappa shape index (κ1) is 12.2. The number of carboxylic acid groups (broad SMARTS) is 1. The second-order valence-corrected chi connectivity index (χ2v) is 4.08. The molecule has 0 aliphatic heterocycles. The van der Waals surface area contributed by atoms with Crippen molar-refractivity contribution < 1.29 is 19.2 Å². The van der Waals surface area contributed by atoms with Gasteiger partial charge in [-0.3, -0.25) is 4.79 Å². The second kappa shape index (κ2) is 4.34. The molecule has 6 heteroatoms. The quantitative estimate of drug-likeness (QED) is 0.780. The van der Waals surface area contributed by atoms with Crippen LogP contribution in [0.1, 0.15) is 25.3 Å². The van der Waals surface area contributed by atoms with Gasteiger partial charge in [0, 0.05) is 6.07 Å². The van der Waals surface area contributed by atoms with Crippen LogP contribution in [0.4, 0.5) is 0 Å². The van der Waals surface area contributed by atoms with Gasteiger partial charge in [-0.2, -0.15) is 0 Å². The predicted molar refractivity (Wildman–Crippen MR) is 54.8 cm³/mol. The van der Waals surface area contributed by atoms with Crippen molar-refractivity contribution in [2.75, 3.05) is 0 Å². The van der Waals surface area contributed by atoms with E-state index in [-0.39, 0.29) is 6.42 Å². The van der Waals surface area contributed by atoms with Crippen LogP contribution in [0.2, 0.25) is 0 Å². The maximum absolute atomic E-state index is 11.5. The molecule has 0 aliphatic rings. The first-order valence-corrected chi connectivity index (χ1v) is 4.78. The smallest absolute Gasteiger partial charge is 0.328 e. The van der Waals surface area contributed by atoms with Gasteiger partial charge in [0.25, 0.3) is 0 Å². The van der Waals surface area contributed by atoms with E-state index >= 15 is 0 Å². The summed E-state index contributed by atoms with van der Waals surface area (Å²) in [5.41, 5.74) is -0.799.